The number of hydrogen-bond acceptors (Lipinski definition) is 3. The SMILES string of the molecule is CC(C1CCCC1)N(C)c1nc2ccccc2cc1C=O. The molecule has 1 aromatic heterocycles. The van der Waals surface area contributed by atoms with Crippen LogP contribution in [-0.4, -0.2) is 24.4 Å². The van der Waals surface area contributed by atoms with Gasteiger partial charge in [0.05, 0.1) is 11.1 Å². The lowest BCUT2D eigenvalue weighted by Gasteiger charge is -2.31. The summed E-state index contributed by atoms with van der Waals surface area (Å²) in [6.07, 6.45) is 6.15. The summed E-state index contributed by atoms with van der Waals surface area (Å²) < 4.78 is 0. The van der Waals surface area contributed by atoms with Crippen LogP contribution in [0.2, 0.25) is 0 Å². The lowest BCUT2D eigenvalue weighted by atomic mass is 9.98. The number of benzene rings is 1. The van der Waals surface area contributed by atoms with Gasteiger partial charge in [-0.05, 0) is 37.8 Å². The first-order valence-electron chi connectivity index (χ1n) is 7.78. The molecule has 2 aromatic rings. The van der Waals surface area contributed by atoms with Crippen LogP contribution in [0.5, 0.6) is 0 Å². The largest absolute Gasteiger partial charge is 0.356 e. The summed E-state index contributed by atoms with van der Waals surface area (Å²) in [6, 6.07) is 10.3. The van der Waals surface area contributed by atoms with Crippen LogP contribution >= 0.6 is 0 Å². The van der Waals surface area contributed by atoms with Crippen molar-refractivity contribution in [2.45, 2.75) is 38.6 Å². The molecule has 0 spiro atoms. The first-order valence-corrected chi connectivity index (χ1v) is 7.78. The van der Waals surface area contributed by atoms with Gasteiger partial charge in [0, 0.05) is 18.5 Å². The summed E-state index contributed by atoms with van der Waals surface area (Å²) in [5.41, 5.74) is 1.63. The molecule has 3 rings (SSSR count). The van der Waals surface area contributed by atoms with E-state index in [4.69, 9.17) is 4.98 Å². The lowest BCUT2D eigenvalue weighted by molar-refractivity contribution is 0.112. The van der Waals surface area contributed by atoms with E-state index in [0.29, 0.717) is 17.5 Å². The minimum absolute atomic E-state index is 0.417. The number of pyridine rings is 1. The van der Waals surface area contributed by atoms with Crippen LogP contribution in [0, 0.1) is 5.92 Å². The Labute approximate surface area is 126 Å². The van der Waals surface area contributed by atoms with Crippen molar-refractivity contribution in [1.29, 1.82) is 0 Å². The molecule has 0 saturated heterocycles. The predicted molar refractivity (Wildman–Crippen MR) is 87.0 cm³/mol. The van der Waals surface area contributed by atoms with E-state index < -0.39 is 0 Å². The number of aldehydes is 1. The average Bonchev–Trinajstić information content (AvgIpc) is 3.06. The molecule has 0 aliphatic heterocycles. The summed E-state index contributed by atoms with van der Waals surface area (Å²) in [4.78, 5) is 18.4. The molecule has 0 N–H and O–H groups in total. The third-order valence-electron chi connectivity index (χ3n) is 4.89. The number of anilines is 1. The molecule has 1 aliphatic carbocycles. The van der Waals surface area contributed by atoms with Crippen LogP contribution < -0.4 is 4.90 Å². The Bertz CT molecular complexity index is 647. The first-order chi connectivity index (χ1) is 10.2. The van der Waals surface area contributed by atoms with E-state index in [-0.39, 0.29) is 0 Å². The molecule has 1 aromatic carbocycles. The number of carbonyl (C=O) groups excluding carboxylic acids is 1. The molecule has 0 radical (unpaired) electrons. The third kappa shape index (κ3) is 2.65. The van der Waals surface area contributed by atoms with E-state index in [1.165, 1.54) is 25.7 Å². The molecule has 1 saturated carbocycles. The van der Waals surface area contributed by atoms with Crippen molar-refractivity contribution < 1.29 is 4.79 Å². The maximum atomic E-state index is 11.5. The molecule has 1 atom stereocenters. The molecular weight excluding hydrogens is 260 g/mol. The molecular formula is C18H22N2O. The number of fused-ring (bicyclic) bond motifs is 1. The summed E-state index contributed by atoms with van der Waals surface area (Å²) >= 11 is 0. The fourth-order valence-electron chi connectivity index (χ4n) is 3.44. The van der Waals surface area contributed by atoms with Gasteiger partial charge in [0.2, 0.25) is 0 Å². The second-order valence-corrected chi connectivity index (χ2v) is 6.11. The van der Waals surface area contributed by atoms with Gasteiger partial charge >= 0.3 is 0 Å². The van der Waals surface area contributed by atoms with Crippen LogP contribution in [0.3, 0.4) is 0 Å². The fourth-order valence-corrected chi connectivity index (χ4v) is 3.44. The van der Waals surface area contributed by atoms with Crippen molar-refractivity contribution in [3.05, 3.63) is 35.9 Å². The van der Waals surface area contributed by atoms with E-state index in [1.807, 2.05) is 30.3 Å². The quantitative estimate of drug-likeness (QED) is 0.793. The molecule has 0 amide bonds. The Morgan fingerprint density at radius 1 is 1.29 bits per heavy atom. The zero-order valence-corrected chi connectivity index (χ0v) is 12.7. The second kappa shape index (κ2) is 5.84. The van der Waals surface area contributed by atoms with Gasteiger partial charge in [-0.1, -0.05) is 31.0 Å². The number of carbonyl (C=O) groups is 1. The Kier molecular flexibility index (Phi) is 3.91. The molecule has 21 heavy (non-hydrogen) atoms. The van der Waals surface area contributed by atoms with E-state index in [9.17, 15) is 4.79 Å². The van der Waals surface area contributed by atoms with Crippen molar-refractivity contribution in [2.24, 2.45) is 5.92 Å². The van der Waals surface area contributed by atoms with Crippen molar-refractivity contribution in [1.82, 2.24) is 4.98 Å². The van der Waals surface area contributed by atoms with Crippen LogP contribution in [0.15, 0.2) is 30.3 Å². The van der Waals surface area contributed by atoms with E-state index >= 15 is 0 Å². The number of hydrogen-bond donors (Lipinski definition) is 0. The molecule has 3 heteroatoms. The van der Waals surface area contributed by atoms with Crippen LogP contribution in [0.1, 0.15) is 43.0 Å². The first kappa shape index (κ1) is 14.1. The normalized spacial score (nSPS) is 17.0. The monoisotopic (exact) mass is 282 g/mol. The Balaban J connectivity index is 1.99. The van der Waals surface area contributed by atoms with E-state index in [0.717, 1.165) is 23.0 Å². The fraction of sp³-hybridized carbons (Fsp3) is 0.444. The highest BCUT2D eigenvalue weighted by atomic mass is 16.1. The second-order valence-electron chi connectivity index (χ2n) is 6.11. The third-order valence-corrected chi connectivity index (χ3v) is 4.89. The summed E-state index contributed by atoms with van der Waals surface area (Å²) in [6.45, 7) is 2.25. The number of aromatic nitrogens is 1. The van der Waals surface area contributed by atoms with Gasteiger partial charge in [-0.3, -0.25) is 4.79 Å². The van der Waals surface area contributed by atoms with Crippen molar-refractivity contribution in [3.8, 4) is 0 Å². The molecule has 1 heterocycles. The van der Waals surface area contributed by atoms with Gasteiger partial charge in [-0.25, -0.2) is 4.98 Å². The smallest absolute Gasteiger partial charge is 0.153 e. The number of para-hydroxylation sites is 1. The topological polar surface area (TPSA) is 33.2 Å². The molecule has 3 nitrogen and oxygen atoms in total. The van der Waals surface area contributed by atoms with Crippen molar-refractivity contribution >= 4 is 23.0 Å². The summed E-state index contributed by atoms with van der Waals surface area (Å²) in [5, 5.41) is 1.02. The highest BCUT2D eigenvalue weighted by Crippen LogP contribution is 2.32. The molecule has 1 aliphatic rings. The zero-order valence-electron chi connectivity index (χ0n) is 12.7. The van der Waals surface area contributed by atoms with Crippen LogP contribution in [-0.2, 0) is 0 Å². The highest BCUT2D eigenvalue weighted by Gasteiger charge is 2.26. The van der Waals surface area contributed by atoms with Gasteiger partial charge in [-0.2, -0.15) is 0 Å². The molecule has 1 fully saturated rings. The standard InChI is InChI=1S/C18H22N2O/c1-13(14-7-3-4-8-14)20(2)18-16(12-21)11-15-9-5-6-10-17(15)19-18/h5-6,9-14H,3-4,7-8H2,1-2H3. The van der Waals surface area contributed by atoms with Crippen LogP contribution in [0.25, 0.3) is 10.9 Å². The van der Waals surface area contributed by atoms with Gasteiger partial charge in [-0.15, -0.1) is 0 Å². The van der Waals surface area contributed by atoms with Gasteiger partial charge < -0.3 is 4.90 Å². The number of nitrogens with zero attached hydrogens (tertiary/aromatic N) is 2. The summed E-state index contributed by atoms with van der Waals surface area (Å²) in [5.74, 6) is 1.52. The van der Waals surface area contributed by atoms with Crippen LogP contribution in [0.4, 0.5) is 5.82 Å². The van der Waals surface area contributed by atoms with E-state index in [1.54, 1.807) is 0 Å². The minimum Gasteiger partial charge on any atom is -0.356 e. The average molecular weight is 282 g/mol. The lowest BCUT2D eigenvalue weighted by Crippen LogP contribution is -2.35. The van der Waals surface area contributed by atoms with Gasteiger partial charge in [0.15, 0.2) is 6.29 Å². The maximum Gasteiger partial charge on any atom is 0.153 e. The Morgan fingerprint density at radius 3 is 2.71 bits per heavy atom. The summed E-state index contributed by atoms with van der Waals surface area (Å²) in [7, 11) is 2.06. The predicted octanol–water partition coefficient (Wildman–Crippen LogP) is 4.06. The Morgan fingerprint density at radius 2 is 2.00 bits per heavy atom. The molecule has 0 bridgehead atoms. The molecule has 1 unspecified atom stereocenters. The van der Waals surface area contributed by atoms with Gasteiger partial charge in [0.1, 0.15) is 5.82 Å². The van der Waals surface area contributed by atoms with Crippen molar-refractivity contribution in [3.63, 3.8) is 0 Å². The zero-order chi connectivity index (χ0) is 14.8. The maximum absolute atomic E-state index is 11.5. The Hall–Kier alpha value is -1.90. The number of rotatable bonds is 4. The van der Waals surface area contributed by atoms with Crippen molar-refractivity contribution in [2.75, 3.05) is 11.9 Å². The minimum atomic E-state index is 0.417. The highest BCUT2D eigenvalue weighted by molar-refractivity contribution is 5.91. The van der Waals surface area contributed by atoms with E-state index in [2.05, 4.69) is 18.9 Å². The van der Waals surface area contributed by atoms with Gasteiger partial charge in [0.25, 0.3) is 0 Å². The molecule has 110 valence electrons.